The van der Waals surface area contributed by atoms with Gasteiger partial charge in [0.2, 0.25) is 5.91 Å². The summed E-state index contributed by atoms with van der Waals surface area (Å²) in [4.78, 5) is 14.3. The minimum Gasteiger partial charge on any atom is -0.481 e. The van der Waals surface area contributed by atoms with Gasteiger partial charge in [0, 0.05) is 13.1 Å². The summed E-state index contributed by atoms with van der Waals surface area (Å²) in [5.74, 6) is 0.909. The Morgan fingerprint density at radius 3 is 2.56 bits per heavy atom. The number of halogens is 1. The topological polar surface area (TPSA) is 68.5 Å². The normalized spacial score (nSPS) is 16.4. The maximum atomic E-state index is 12.9. The highest BCUT2D eigenvalue weighted by molar-refractivity contribution is 7.99. The first kappa shape index (κ1) is 19.7. The number of nitrogens with zero attached hydrogens (tertiary/aromatic N) is 3. The summed E-state index contributed by atoms with van der Waals surface area (Å²) in [5.41, 5.74) is 0. The van der Waals surface area contributed by atoms with E-state index in [0.717, 1.165) is 25.9 Å². The fourth-order valence-electron chi connectivity index (χ4n) is 2.92. The van der Waals surface area contributed by atoms with Crippen LogP contribution in [0.1, 0.15) is 51.0 Å². The molecule has 0 aliphatic carbocycles. The second kappa shape index (κ2) is 9.73. The molecule has 1 aliphatic heterocycles. The van der Waals surface area contributed by atoms with Gasteiger partial charge in [0.25, 0.3) is 11.1 Å². The number of hydrogen-bond donors (Lipinski definition) is 0. The number of thioether (sulfide) groups is 1. The van der Waals surface area contributed by atoms with Gasteiger partial charge < -0.3 is 14.1 Å². The zero-order valence-corrected chi connectivity index (χ0v) is 16.2. The van der Waals surface area contributed by atoms with Crippen molar-refractivity contribution in [2.75, 3.05) is 18.8 Å². The first-order valence-electron chi connectivity index (χ1n) is 9.28. The van der Waals surface area contributed by atoms with E-state index in [0.29, 0.717) is 16.9 Å². The van der Waals surface area contributed by atoms with Gasteiger partial charge in [-0.15, -0.1) is 10.2 Å². The van der Waals surface area contributed by atoms with Gasteiger partial charge >= 0.3 is 0 Å². The van der Waals surface area contributed by atoms with Crippen LogP contribution in [0.3, 0.4) is 0 Å². The maximum absolute atomic E-state index is 12.9. The highest BCUT2D eigenvalue weighted by atomic mass is 32.2. The Labute approximate surface area is 162 Å². The second-order valence-corrected chi connectivity index (χ2v) is 7.48. The highest BCUT2D eigenvalue weighted by Gasteiger charge is 2.19. The maximum Gasteiger partial charge on any atom is 0.277 e. The predicted octanol–water partition coefficient (Wildman–Crippen LogP) is 4.23. The summed E-state index contributed by atoms with van der Waals surface area (Å²) >= 11 is 1.24. The lowest BCUT2D eigenvalue weighted by Gasteiger charge is -2.24. The van der Waals surface area contributed by atoms with Crippen LogP contribution in [-0.4, -0.2) is 39.8 Å². The Kier molecular flexibility index (Phi) is 7.09. The number of hydrogen-bond acceptors (Lipinski definition) is 6. The zero-order valence-electron chi connectivity index (χ0n) is 15.4. The molecule has 27 heavy (non-hydrogen) atoms. The minimum absolute atomic E-state index is 0.109. The number of carbonyl (C=O) groups excluding carboxylic acids is 1. The summed E-state index contributed by atoms with van der Waals surface area (Å²) in [6.07, 6.45) is 5.31. The quantitative estimate of drug-likeness (QED) is 0.684. The van der Waals surface area contributed by atoms with Gasteiger partial charge in [-0.25, -0.2) is 4.39 Å². The summed E-state index contributed by atoms with van der Waals surface area (Å²) < 4.78 is 24.2. The molecule has 1 saturated heterocycles. The molecule has 1 aromatic heterocycles. The Morgan fingerprint density at radius 1 is 1.19 bits per heavy atom. The van der Waals surface area contributed by atoms with E-state index in [1.54, 1.807) is 19.1 Å². The summed E-state index contributed by atoms with van der Waals surface area (Å²) in [6.45, 7) is 3.44. The molecule has 0 N–H and O–H groups in total. The summed E-state index contributed by atoms with van der Waals surface area (Å²) in [6, 6.07) is 5.74. The van der Waals surface area contributed by atoms with E-state index in [-0.39, 0.29) is 17.5 Å². The van der Waals surface area contributed by atoms with Crippen LogP contribution < -0.4 is 4.74 Å². The van der Waals surface area contributed by atoms with Gasteiger partial charge in [-0.3, -0.25) is 4.79 Å². The molecule has 146 valence electrons. The lowest BCUT2D eigenvalue weighted by molar-refractivity contribution is -0.128. The van der Waals surface area contributed by atoms with E-state index >= 15 is 0 Å². The van der Waals surface area contributed by atoms with Crippen LogP contribution in [-0.2, 0) is 4.79 Å². The van der Waals surface area contributed by atoms with E-state index < -0.39 is 6.10 Å². The standard InChI is InChI=1S/C19H24FN3O3S/c1-14(25-16-9-7-15(20)8-10-16)18-21-22-19(26-18)27-13-17(24)23-11-5-3-2-4-6-12-23/h7-10,14H,2-6,11-13H2,1H3/t14-/m1/s1. The SMILES string of the molecule is C[C@@H](Oc1ccc(F)cc1)c1nnc(SCC(=O)N2CCCCCCC2)o1. The Hall–Kier alpha value is -2.09. The average Bonchev–Trinajstić information content (AvgIpc) is 3.10. The van der Waals surface area contributed by atoms with E-state index in [2.05, 4.69) is 10.2 Å². The molecule has 0 spiro atoms. The molecular weight excluding hydrogens is 369 g/mol. The molecule has 1 aromatic carbocycles. The number of rotatable bonds is 6. The monoisotopic (exact) mass is 393 g/mol. The predicted molar refractivity (Wildman–Crippen MR) is 100 cm³/mol. The van der Waals surface area contributed by atoms with Crippen molar-refractivity contribution in [2.24, 2.45) is 0 Å². The van der Waals surface area contributed by atoms with E-state index in [4.69, 9.17) is 9.15 Å². The van der Waals surface area contributed by atoms with E-state index in [1.165, 1.54) is 43.2 Å². The molecule has 0 unspecified atom stereocenters. The Bertz CT molecular complexity index is 730. The molecule has 2 aromatic rings. The average molecular weight is 393 g/mol. The molecule has 2 heterocycles. The van der Waals surface area contributed by atoms with Crippen molar-refractivity contribution >= 4 is 17.7 Å². The third kappa shape index (κ3) is 5.95. The van der Waals surface area contributed by atoms with Crippen LogP contribution in [0.25, 0.3) is 0 Å². The number of amides is 1. The minimum atomic E-state index is -0.470. The number of carbonyl (C=O) groups is 1. The van der Waals surface area contributed by atoms with Crippen molar-refractivity contribution < 1.29 is 18.3 Å². The van der Waals surface area contributed by atoms with Gasteiger partial charge in [0.1, 0.15) is 11.6 Å². The Morgan fingerprint density at radius 2 is 1.85 bits per heavy atom. The Balaban J connectivity index is 1.49. The van der Waals surface area contributed by atoms with Crippen LogP contribution in [0, 0.1) is 5.82 Å². The number of benzene rings is 1. The fourth-order valence-corrected chi connectivity index (χ4v) is 3.59. The smallest absolute Gasteiger partial charge is 0.277 e. The van der Waals surface area contributed by atoms with Crippen LogP contribution in [0.4, 0.5) is 4.39 Å². The fraction of sp³-hybridized carbons (Fsp3) is 0.526. The molecule has 1 aliphatic rings. The third-order valence-electron chi connectivity index (χ3n) is 4.42. The zero-order chi connectivity index (χ0) is 19.1. The molecule has 6 nitrogen and oxygen atoms in total. The van der Waals surface area contributed by atoms with Crippen molar-refractivity contribution in [2.45, 2.75) is 50.4 Å². The lowest BCUT2D eigenvalue weighted by atomic mass is 10.1. The van der Waals surface area contributed by atoms with Crippen molar-refractivity contribution in [3.05, 3.63) is 36.0 Å². The van der Waals surface area contributed by atoms with Crippen LogP contribution in [0.5, 0.6) is 5.75 Å². The highest BCUT2D eigenvalue weighted by Crippen LogP contribution is 2.24. The van der Waals surface area contributed by atoms with Crippen LogP contribution in [0.2, 0.25) is 0 Å². The van der Waals surface area contributed by atoms with Crippen molar-refractivity contribution in [3.8, 4) is 5.75 Å². The largest absolute Gasteiger partial charge is 0.481 e. The molecule has 1 atom stereocenters. The molecule has 1 amide bonds. The van der Waals surface area contributed by atoms with Crippen molar-refractivity contribution in [1.82, 2.24) is 15.1 Å². The number of aromatic nitrogens is 2. The lowest BCUT2D eigenvalue weighted by Crippen LogP contribution is -2.35. The molecule has 8 heteroatoms. The molecular formula is C19H24FN3O3S. The van der Waals surface area contributed by atoms with Gasteiger partial charge in [-0.2, -0.15) is 0 Å². The first-order valence-corrected chi connectivity index (χ1v) is 10.3. The second-order valence-electron chi connectivity index (χ2n) is 6.56. The molecule has 0 saturated carbocycles. The van der Waals surface area contributed by atoms with E-state index in [1.807, 2.05) is 4.90 Å². The van der Waals surface area contributed by atoms with Gasteiger partial charge in [-0.1, -0.05) is 31.0 Å². The number of ether oxygens (including phenoxy) is 1. The molecule has 0 radical (unpaired) electrons. The molecule has 0 bridgehead atoms. The van der Waals surface area contributed by atoms with Gasteiger partial charge in [0.15, 0.2) is 6.10 Å². The third-order valence-corrected chi connectivity index (χ3v) is 5.23. The van der Waals surface area contributed by atoms with E-state index in [9.17, 15) is 9.18 Å². The summed E-state index contributed by atoms with van der Waals surface area (Å²) in [7, 11) is 0. The molecule has 1 fully saturated rings. The van der Waals surface area contributed by atoms with Crippen molar-refractivity contribution in [1.29, 1.82) is 0 Å². The van der Waals surface area contributed by atoms with Gasteiger partial charge in [-0.05, 0) is 44.0 Å². The first-order chi connectivity index (χ1) is 13.1. The van der Waals surface area contributed by atoms with Gasteiger partial charge in [0.05, 0.1) is 5.75 Å². The number of likely N-dealkylation sites (tertiary alicyclic amines) is 1. The van der Waals surface area contributed by atoms with Crippen LogP contribution >= 0.6 is 11.8 Å². The van der Waals surface area contributed by atoms with Crippen molar-refractivity contribution in [3.63, 3.8) is 0 Å². The summed E-state index contributed by atoms with van der Waals surface area (Å²) in [5, 5.41) is 8.31. The molecule has 3 rings (SSSR count). The van der Waals surface area contributed by atoms with Crippen LogP contribution in [0.15, 0.2) is 33.9 Å².